The minimum Gasteiger partial charge on any atom is -0.464 e. The van der Waals surface area contributed by atoms with Gasteiger partial charge in [0, 0.05) is 18.0 Å². The molecule has 1 unspecified atom stereocenters. The first-order valence-corrected chi connectivity index (χ1v) is 5.88. The van der Waals surface area contributed by atoms with Crippen molar-refractivity contribution >= 4 is 22.6 Å². The van der Waals surface area contributed by atoms with Crippen LogP contribution in [0.5, 0.6) is 0 Å². The molecule has 0 spiro atoms. The van der Waals surface area contributed by atoms with Crippen LogP contribution in [-0.2, 0) is 7.05 Å². The molecule has 0 bridgehead atoms. The second kappa shape index (κ2) is 4.15. The molecular formula is C13H11ClN2O2. The number of aliphatic hydroxyl groups excluding tert-OH is 1. The van der Waals surface area contributed by atoms with Crippen molar-refractivity contribution in [2.24, 2.45) is 7.05 Å². The van der Waals surface area contributed by atoms with Gasteiger partial charge in [0.15, 0.2) is 0 Å². The highest BCUT2D eigenvalue weighted by molar-refractivity contribution is 6.31. The largest absolute Gasteiger partial charge is 0.464 e. The second-order valence-electron chi connectivity index (χ2n) is 4.09. The maximum absolute atomic E-state index is 10.4. The summed E-state index contributed by atoms with van der Waals surface area (Å²) < 4.78 is 6.98. The highest BCUT2D eigenvalue weighted by Crippen LogP contribution is 2.33. The van der Waals surface area contributed by atoms with Gasteiger partial charge in [0.05, 0.1) is 23.2 Å². The Balaban J connectivity index is 2.15. The normalized spacial score (nSPS) is 13.1. The number of fused-ring (bicyclic) bond motifs is 1. The smallest absolute Gasteiger partial charge is 0.134 e. The molecular weight excluding hydrogens is 252 g/mol. The van der Waals surface area contributed by atoms with Gasteiger partial charge in [0.1, 0.15) is 11.7 Å². The van der Waals surface area contributed by atoms with E-state index in [0.29, 0.717) is 16.3 Å². The summed E-state index contributed by atoms with van der Waals surface area (Å²) in [6.07, 6.45) is 2.22. The van der Waals surface area contributed by atoms with Gasteiger partial charge in [0.25, 0.3) is 0 Å². The number of aromatic nitrogens is 2. The van der Waals surface area contributed by atoms with Gasteiger partial charge in [-0.25, -0.2) is 0 Å². The molecule has 0 radical (unpaired) electrons. The topological polar surface area (TPSA) is 51.2 Å². The first-order chi connectivity index (χ1) is 8.68. The number of para-hydroxylation sites is 1. The molecule has 0 saturated carbocycles. The molecule has 1 aromatic carbocycles. The Bertz CT molecular complexity index is 682. The van der Waals surface area contributed by atoms with Crippen LogP contribution in [0.1, 0.15) is 17.4 Å². The molecule has 0 fully saturated rings. The number of halogens is 1. The maximum Gasteiger partial charge on any atom is 0.134 e. The predicted octanol–water partition coefficient (Wildman–Crippen LogP) is 2.90. The van der Waals surface area contributed by atoms with Crippen molar-refractivity contribution in [2.45, 2.75) is 6.10 Å². The zero-order valence-corrected chi connectivity index (χ0v) is 10.4. The lowest BCUT2D eigenvalue weighted by molar-refractivity contribution is 0.210. The van der Waals surface area contributed by atoms with E-state index in [-0.39, 0.29) is 0 Å². The van der Waals surface area contributed by atoms with Crippen molar-refractivity contribution in [3.05, 3.63) is 53.0 Å². The average Bonchev–Trinajstić information content (AvgIpc) is 2.93. The summed E-state index contributed by atoms with van der Waals surface area (Å²) in [5.41, 5.74) is 1.99. The van der Waals surface area contributed by atoms with Crippen LogP contribution in [0.3, 0.4) is 0 Å². The molecule has 0 aliphatic heterocycles. The Morgan fingerprint density at radius 1 is 1.39 bits per heavy atom. The molecule has 2 heterocycles. The molecule has 0 saturated heterocycles. The fraction of sp³-hybridized carbons (Fsp3) is 0.154. The van der Waals surface area contributed by atoms with Crippen molar-refractivity contribution in [3.8, 4) is 0 Å². The number of aryl methyl sites for hydroxylation is 1. The Kier molecular flexibility index (Phi) is 2.61. The predicted molar refractivity (Wildman–Crippen MR) is 68.5 cm³/mol. The van der Waals surface area contributed by atoms with E-state index in [2.05, 4.69) is 5.10 Å². The summed E-state index contributed by atoms with van der Waals surface area (Å²) >= 11 is 6.03. The monoisotopic (exact) mass is 262 g/mol. The van der Waals surface area contributed by atoms with Gasteiger partial charge in [-0.2, -0.15) is 5.10 Å². The molecule has 0 aliphatic carbocycles. The number of hydrogen-bond acceptors (Lipinski definition) is 3. The fourth-order valence-corrected chi connectivity index (χ4v) is 2.35. The van der Waals surface area contributed by atoms with Gasteiger partial charge in [0.2, 0.25) is 0 Å². The van der Waals surface area contributed by atoms with E-state index in [9.17, 15) is 5.11 Å². The van der Waals surface area contributed by atoms with E-state index in [4.69, 9.17) is 16.0 Å². The van der Waals surface area contributed by atoms with Crippen LogP contribution in [0, 0.1) is 0 Å². The molecule has 3 aromatic rings. The zero-order valence-electron chi connectivity index (χ0n) is 9.67. The molecule has 1 N–H and O–H groups in total. The molecule has 18 heavy (non-hydrogen) atoms. The van der Waals surface area contributed by atoms with Crippen LogP contribution < -0.4 is 0 Å². The first-order valence-electron chi connectivity index (χ1n) is 5.50. The van der Waals surface area contributed by atoms with E-state index < -0.39 is 6.10 Å². The SMILES string of the molecule is Cn1ncc(Cl)c1C(O)c1coc2ccccc12. The molecule has 4 nitrogen and oxygen atoms in total. The Morgan fingerprint density at radius 2 is 2.17 bits per heavy atom. The van der Waals surface area contributed by atoms with Crippen LogP contribution in [0.15, 0.2) is 41.1 Å². The number of furan rings is 1. The van der Waals surface area contributed by atoms with Crippen LogP contribution >= 0.6 is 11.6 Å². The lowest BCUT2D eigenvalue weighted by Gasteiger charge is -2.10. The summed E-state index contributed by atoms with van der Waals surface area (Å²) in [5, 5.41) is 15.8. The fourth-order valence-electron chi connectivity index (χ4n) is 2.09. The molecule has 3 rings (SSSR count). The molecule has 0 amide bonds. The highest BCUT2D eigenvalue weighted by Gasteiger charge is 2.22. The second-order valence-corrected chi connectivity index (χ2v) is 4.50. The van der Waals surface area contributed by atoms with Crippen molar-refractivity contribution < 1.29 is 9.52 Å². The van der Waals surface area contributed by atoms with Gasteiger partial charge in [-0.1, -0.05) is 29.8 Å². The van der Waals surface area contributed by atoms with Crippen molar-refractivity contribution in [1.29, 1.82) is 0 Å². The van der Waals surface area contributed by atoms with E-state index in [1.807, 2.05) is 24.3 Å². The average molecular weight is 263 g/mol. The van der Waals surface area contributed by atoms with Gasteiger partial charge in [-0.3, -0.25) is 4.68 Å². The summed E-state index contributed by atoms with van der Waals surface area (Å²) in [7, 11) is 1.74. The van der Waals surface area contributed by atoms with Crippen LogP contribution in [0.4, 0.5) is 0 Å². The number of hydrogen-bond donors (Lipinski definition) is 1. The number of benzene rings is 1. The molecule has 2 aromatic heterocycles. The Morgan fingerprint density at radius 3 is 2.89 bits per heavy atom. The molecule has 1 atom stereocenters. The quantitative estimate of drug-likeness (QED) is 0.773. The molecule has 92 valence electrons. The number of nitrogens with zero attached hydrogens (tertiary/aromatic N) is 2. The van der Waals surface area contributed by atoms with Crippen LogP contribution in [0.2, 0.25) is 5.02 Å². The zero-order chi connectivity index (χ0) is 12.7. The number of aliphatic hydroxyl groups is 1. The van der Waals surface area contributed by atoms with Crippen molar-refractivity contribution in [2.75, 3.05) is 0 Å². The summed E-state index contributed by atoms with van der Waals surface area (Å²) in [6, 6.07) is 7.55. The minimum absolute atomic E-state index is 0.440. The number of rotatable bonds is 2. The summed E-state index contributed by atoms with van der Waals surface area (Å²) in [5.74, 6) is 0. The molecule has 5 heteroatoms. The van der Waals surface area contributed by atoms with Crippen LogP contribution in [-0.4, -0.2) is 14.9 Å². The van der Waals surface area contributed by atoms with E-state index in [1.165, 1.54) is 6.20 Å². The van der Waals surface area contributed by atoms with E-state index >= 15 is 0 Å². The van der Waals surface area contributed by atoms with Crippen molar-refractivity contribution in [3.63, 3.8) is 0 Å². The van der Waals surface area contributed by atoms with E-state index in [0.717, 1.165) is 11.0 Å². The Hall–Kier alpha value is -1.78. The van der Waals surface area contributed by atoms with Gasteiger partial charge in [-0.15, -0.1) is 0 Å². The minimum atomic E-state index is -0.853. The van der Waals surface area contributed by atoms with Crippen molar-refractivity contribution in [1.82, 2.24) is 9.78 Å². The lowest BCUT2D eigenvalue weighted by Crippen LogP contribution is -2.06. The molecule has 0 aliphatic rings. The highest BCUT2D eigenvalue weighted by atomic mass is 35.5. The summed E-state index contributed by atoms with van der Waals surface area (Å²) in [4.78, 5) is 0. The van der Waals surface area contributed by atoms with Gasteiger partial charge < -0.3 is 9.52 Å². The first kappa shape index (κ1) is 11.3. The standard InChI is InChI=1S/C13H11ClN2O2/c1-16-12(10(14)6-15-16)13(17)9-7-18-11-5-3-2-4-8(9)11/h2-7,13,17H,1H3. The third kappa shape index (κ3) is 1.62. The maximum atomic E-state index is 10.4. The Labute approximate surface area is 108 Å². The van der Waals surface area contributed by atoms with Gasteiger partial charge in [-0.05, 0) is 6.07 Å². The lowest BCUT2D eigenvalue weighted by atomic mass is 10.1. The summed E-state index contributed by atoms with van der Waals surface area (Å²) in [6.45, 7) is 0. The van der Waals surface area contributed by atoms with E-state index in [1.54, 1.807) is 18.0 Å². The third-order valence-corrected chi connectivity index (χ3v) is 3.29. The van der Waals surface area contributed by atoms with Crippen LogP contribution in [0.25, 0.3) is 11.0 Å². The van der Waals surface area contributed by atoms with Gasteiger partial charge >= 0.3 is 0 Å². The third-order valence-electron chi connectivity index (χ3n) is 3.00.